The van der Waals surface area contributed by atoms with Crippen LogP contribution in [0, 0.1) is 5.41 Å². The molecule has 110 valence electrons. The van der Waals surface area contributed by atoms with Gasteiger partial charge in [-0.15, -0.1) is 0 Å². The van der Waals surface area contributed by atoms with Crippen molar-refractivity contribution in [3.8, 4) is 0 Å². The standard InChI is InChI=1S/C18H28N2/c1-18(10-5-6-11-18)15-19-17-9-12-20(14-17)13-16-7-3-2-4-8-16/h2-4,7-8,17,19H,5-6,9-15H2,1H3. The van der Waals surface area contributed by atoms with E-state index >= 15 is 0 Å². The molecule has 1 aromatic rings. The van der Waals surface area contributed by atoms with Gasteiger partial charge in [-0.25, -0.2) is 0 Å². The Morgan fingerprint density at radius 1 is 1.20 bits per heavy atom. The molecule has 0 amide bonds. The van der Waals surface area contributed by atoms with Crippen molar-refractivity contribution in [3.05, 3.63) is 35.9 Å². The third kappa shape index (κ3) is 3.62. The summed E-state index contributed by atoms with van der Waals surface area (Å²) < 4.78 is 0. The van der Waals surface area contributed by atoms with Gasteiger partial charge < -0.3 is 5.32 Å². The van der Waals surface area contributed by atoms with E-state index in [0.29, 0.717) is 11.5 Å². The van der Waals surface area contributed by atoms with Crippen molar-refractivity contribution in [2.75, 3.05) is 19.6 Å². The molecule has 1 heterocycles. The van der Waals surface area contributed by atoms with Crippen molar-refractivity contribution in [2.24, 2.45) is 5.41 Å². The summed E-state index contributed by atoms with van der Waals surface area (Å²) in [5.41, 5.74) is 2.02. The predicted molar refractivity (Wildman–Crippen MR) is 84.7 cm³/mol. The molecule has 1 aromatic carbocycles. The molecule has 0 bridgehead atoms. The molecule has 0 radical (unpaired) electrons. The number of rotatable bonds is 5. The van der Waals surface area contributed by atoms with Crippen molar-refractivity contribution in [1.29, 1.82) is 0 Å². The number of hydrogen-bond acceptors (Lipinski definition) is 2. The van der Waals surface area contributed by atoms with Gasteiger partial charge in [0.2, 0.25) is 0 Å². The fourth-order valence-corrected chi connectivity index (χ4v) is 3.78. The van der Waals surface area contributed by atoms with Gasteiger partial charge in [-0.05, 0) is 30.2 Å². The van der Waals surface area contributed by atoms with Crippen molar-refractivity contribution in [3.63, 3.8) is 0 Å². The highest BCUT2D eigenvalue weighted by atomic mass is 15.2. The average Bonchev–Trinajstić information content (AvgIpc) is 3.08. The summed E-state index contributed by atoms with van der Waals surface area (Å²) in [5.74, 6) is 0. The summed E-state index contributed by atoms with van der Waals surface area (Å²) in [7, 11) is 0. The second-order valence-electron chi connectivity index (χ2n) is 7.10. The Labute approximate surface area is 123 Å². The fourth-order valence-electron chi connectivity index (χ4n) is 3.78. The maximum Gasteiger partial charge on any atom is 0.0234 e. The molecule has 1 unspecified atom stereocenters. The van der Waals surface area contributed by atoms with Crippen molar-refractivity contribution < 1.29 is 0 Å². The third-order valence-electron chi connectivity index (χ3n) is 5.15. The average molecular weight is 272 g/mol. The first kappa shape index (κ1) is 14.1. The molecule has 1 aliphatic carbocycles. The van der Waals surface area contributed by atoms with Gasteiger partial charge in [0, 0.05) is 32.2 Å². The monoisotopic (exact) mass is 272 g/mol. The molecule has 0 aromatic heterocycles. The van der Waals surface area contributed by atoms with Crippen molar-refractivity contribution in [1.82, 2.24) is 10.2 Å². The van der Waals surface area contributed by atoms with Crippen LogP contribution in [0.1, 0.15) is 44.6 Å². The molecule has 1 aliphatic heterocycles. The lowest BCUT2D eigenvalue weighted by Crippen LogP contribution is -2.38. The van der Waals surface area contributed by atoms with E-state index in [1.807, 2.05) is 0 Å². The molecule has 1 saturated heterocycles. The molecular formula is C18H28N2. The SMILES string of the molecule is CC1(CNC2CCN(Cc3ccccc3)C2)CCCC1. The van der Waals surface area contributed by atoms with E-state index in [1.54, 1.807) is 0 Å². The molecule has 20 heavy (non-hydrogen) atoms. The van der Waals surface area contributed by atoms with Gasteiger partial charge in [0.15, 0.2) is 0 Å². The number of nitrogens with one attached hydrogen (secondary N) is 1. The van der Waals surface area contributed by atoms with E-state index in [-0.39, 0.29) is 0 Å². The highest BCUT2D eigenvalue weighted by molar-refractivity contribution is 5.14. The molecule has 3 rings (SSSR count). The van der Waals surface area contributed by atoms with E-state index < -0.39 is 0 Å². The summed E-state index contributed by atoms with van der Waals surface area (Å²) in [5, 5.41) is 3.84. The first-order valence-corrected chi connectivity index (χ1v) is 8.23. The molecule has 2 fully saturated rings. The van der Waals surface area contributed by atoms with Crippen LogP contribution in [0.2, 0.25) is 0 Å². The first-order chi connectivity index (χ1) is 9.73. The molecule has 1 N–H and O–H groups in total. The molecular weight excluding hydrogens is 244 g/mol. The third-order valence-corrected chi connectivity index (χ3v) is 5.15. The lowest BCUT2D eigenvalue weighted by atomic mass is 9.88. The zero-order chi connectivity index (χ0) is 13.8. The van der Waals surface area contributed by atoms with Gasteiger partial charge in [-0.2, -0.15) is 0 Å². The summed E-state index contributed by atoms with van der Waals surface area (Å²) in [4.78, 5) is 2.59. The smallest absolute Gasteiger partial charge is 0.0234 e. The van der Waals surface area contributed by atoms with Crippen LogP contribution in [-0.2, 0) is 6.54 Å². The number of hydrogen-bond donors (Lipinski definition) is 1. The maximum atomic E-state index is 3.84. The van der Waals surface area contributed by atoms with Gasteiger partial charge in [0.25, 0.3) is 0 Å². The maximum absolute atomic E-state index is 3.84. The van der Waals surface area contributed by atoms with Crippen LogP contribution in [-0.4, -0.2) is 30.6 Å². The quantitative estimate of drug-likeness (QED) is 0.883. The van der Waals surface area contributed by atoms with Crippen LogP contribution >= 0.6 is 0 Å². The van der Waals surface area contributed by atoms with E-state index in [4.69, 9.17) is 0 Å². The molecule has 1 atom stereocenters. The Morgan fingerprint density at radius 3 is 2.70 bits per heavy atom. The highest BCUT2D eigenvalue weighted by Gasteiger charge is 2.30. The van der Waals surface area contributed by atoms with Gasteiger partial charge in [-0.3, -0.25) is 4.90 Å². The van der Waals surface area contributed by atoms with Crippen LogP contribution in [0.15, 0.2) is 30.3 Å². The van der Waals surface area contributed by atoms with Crippen LogP contribution in [0.25, 0.3) is 0 Å². The summed E-state index contributed by atoms with van der Waals surface area (Å²) in [6, 6.07) is 11.6. The molecule has 2 aliphatic rings. The van der Waals surface area contributed by atoms with Gasteiger partial charge >= 0.3 is 0 Å². The minimum absolute atomic E-state index is 0.576. The van der Waals surface area contributed by atoms with Crippen LogP contribution in [0.4, 0.5) is 0 Å². The molecule has 2 nitrogen and oxygen atoms in total. The Hall–Kier alpha value is -0.860. The number of nitrogens with zero attached hydrogens (tertiary/aromatic N) is 1. The minimum atomic E-state index is 0.576. The number of likely N-dealkylation sites (tertiary alicyclic amines) is 1. The summed E-state index contributed by atoms with van der Waals surface area (Å²) in [6.07, 6.45) is 7.01. The van der Waals surface area contributed by atoms with Crippen molar-refractivity contribution in [2.45, 2.75) is 51.6 Å². The van der Waals surface area contributed by atoms with Gasteiger partial charge in [0.05, 0.1) is 0 Å². The second kappa shape index (κ2) is 6.28. The van der Waals surface area contributed by atoms with Crippen molar-refractivity contribution >= 4 is 0 Å². The van der Waals surface area contributed by atoms with Crippen LogP contribution < -0.4 is 5.32 Å². The summed E-state index contributed by atoms with van der Waals surface area (Å²) in [6.45, 7) is 7.24. The van der Waals surface area contributed by atoms with Crippen LogP contribution in [0.3, 0.4) is 0 Å². The summed E-state index contributed by atoms with van der Waals surface area (Å²) >= 11 is 0. The van der Waals surface area contributed by atoms with Crippen LogP contribution in [0.5, 0.6) is 0 Å². The van der Waals surface area contributed by atoms with Gasteiger partial charge in [-0.1, -0.05) is 50.1 Å². The van der Waals surface area contributed by atoms with E-state index in [0.717, 1.165) is 6.54 Å². The Morgan fingerprint density at radius 2 is 1.95 bits per heavy atom. The zero-order valence-corrected chi connectivity index (χ0v) is 12.8. The molecule has 1 saturated carbocycles. The highest BCUT2D eigenvalue weighted by Crippen LogP contribution is 2.36. The fraction of sp³-hybridized carbons (Fsp3) is 0.667. The Kier molecular flexibility index (Phi) is 4.42. The predicted octanol–water partition coefficient (Wildman–Crippen LogP) is 3.43. The minimum Gasteiger partial charge on any atom is -0.312 e. The van der Waals surface area contributed by atoms with E-state index in [1.165, 1.54) is 57.3 Å². The Bertz CT molecular complexity index is 409. The topological polar surface area (TPSA) is 15.3 Å². The largest absolute Gasteiger partial charge is 0.312 e. The molecule has 2 heteroatoms. The second-order valence-corrected chi connectivity index (χ2v) is 7.10. The van der Waals surface area contributed by atoms with Gasteiger partial charge in [0.1, 0.15) is 0 Å². The Balaban J connectivity index is 1.43. The molecule has 0 spiro atoms. The first-order valence-electron chi connectivity index (χ1n) is 8.23. The van der Waals surface area contributed by atoms with E-state index in [9.17, 15) is 0 Å². The normalized spacial score (nSPS) is 26.1. The lowest BCUT2D eigenvalue weighted by molar-refractivity contribution is 0.283. The van der Waals surface area contributed by atoms with E-state index in [2.05, 4.69) is 47.5 Å². The zero-order valence-electron chi connectivity index (χ0n) is 12.8. The number of benzene rings is 1. The lowest BCUT2D eigenvalue weighted by Gasteiger charge is -2.26.